The molecule has 0 spiro atoms. The van der Waals surface area contributed by atoms with E-state index in [0.29, 0.717) is 18.4 Å². The van der Waals surface area contributed by atoms with Crippen LogP contribution < -0.4 is 10.6 Å². The minimum atomic E-state index is -0.928. The Morgan fingerprint density at radius 1 is 1.19 bits per heavy atom. The van der Waals surface area contributed by atoms with Gasteiger partial charge in [-0.15, -0.1) is 0 Å². The molecule has 7 heteroatoms. The number of para-hydroxylation sites is 1. The van der Waals surface area contributed by atoms with Gasteiger partial charge in [0.05, 0.1) is 5.69 Å². The van der Waals surface area contributed by atoms with E-state index in [1.165, 1.54) is 12.1 Å². The number of urea groups is 1. The van der Waals surface area contributed by atoms with Crippen LogP contribution in [0.4, 0.5) is 14.9 Å². The second-order valence-corrected chi connectivity index (χ2v) is 4.53. The van der Waals surface area contributed by atoms with Gasteiger partial charge in [0.15, 0.2) is 0 Å². The third kappa shape index (κ3) is 6.03. The molecule has 1 aromatic carbocycles. The molecular weight excluding hydrogens is 279 g/mol. The summed E-state index contributed by atoms with van der Waals surface area (Å²) in [7, 11) is 0. The van der Waals surface area contributed by atoms with Crippen LogP contribution in [0.15, 0.2) is 18.2 Å². The molecule has 0 heterocycles. The number of benzene rings is 1. The molecule has 3 N–H and O–H groups in total. The number of rotatable bonds is 6. The fraction of sp³-hybridized carbons (Fsp3) is 0.357. The van der Waals surface area contributed by atoms with Crippen molar-refractivity contribution in [2.75, 3.05) is 5.32 Å². The number of aliphatic carboxylic acids is 1. The van der Waals surface area contributed by atoms with Gasteiger partial charge < -0.3 is 10.4 Å². The molecular formula is C14H17FN2O4. The van der Waals surface area contributed by atoms with Crippen molar-refractivity contribution in [2.24, 2.45) is 0 Å². The average Bonchev–Trinajstić information content (AvgIpc) is 2.39. The Balaban J connectivity index is 2.40. The molecule has 0 aliphatic heterocycles. The number of amides is 3. The molecule has 0 fully saturated rings. The molecule has 3 amide bonds. The summed E-state index contributed by atoms with van der Waals surface area (Å²) in [6, 6.07) is 3.54. The standard InChI is InChI=1S/C14H17FN2O4/c1-9-5-4-6-10(15)13(9)17-14(21)16-11(18)7-2-3-8-12(19)20/h4-6H,2-3,7-8H2,1H3,(H,19,20)(H2,16,17,18,21). The number of halogens is 1. The Hall–Kier alpha value is -2.44. The number of unbranched alkanes of at least 4 members (excludes halogenated alkanes) is 1. The number of aryl methyl sites for hydroxylation is 1. The Morgan fingerprint density at radius 2 is 1.86 bits per heavy atom. The summed E-state index contributed by atoms with van der Waals surface area (Å²) in [5.74, 6) is -2.05. The van der Waals surface area contributed by atoms with Crippen molar-refractivity contribution in [1.82, 2.24) is 5.32 Å². The molecule has 0 saturated carbocycles. The molecule has 0 aliphatic rings. The molecule has 1 rings (SSSR count). The number of hydrogen-bond acceptors (Lipinski definition) is 3. The highest BCUT2D eigenvalue weighted by Gasteiger charge is 2.12. The number of carboxylic acids is 1. The van der Waals surface area contributed by atoms with Gasteiger partial charge in [-0.3, -0.25) is 14.9 Å². The summed E-state index contributed by atoms with van der Waals surface area (Å²) in [6.45, 7) is 1.63. The van der Waals surface area contributed by atoms with Gasteiger partial charge in [-0.2, -0.15) is 0 Å². The lowest BCUT2D eigenvalue weighted by Gasteiger charge is -2.09. The van der Waals surface area contributed by atoms with Crippen LogP contribution in [0, 0.1) is 12.7 Å². The first-order valence-electron chi connectivity index (χ1n) is 6.48. The van der Waals surface area contributed by atoms with E-state index in [-0.39, 0.29) is 18.5 Å². The maximum Gasteiger partial charge on any atom is 0.325 e. The lowest BCUT2D eigenvalue weighted by molar-refractivity contribution is -0.137. The number of imide groups is 1. The van der Waals surface area contributed by atoms with Gasteiger partial charge in [-0.1, -0.05) is 12.1 Å². The predicted octanol–water partition coefficient (Wildman–Crippen LogP) is 2.43. The Labute approximate surface area is 121 Å². The zero-order valence-electron chi connectivity index (χ0n) is 11.6. The Bertz CT molecular complexity index is 526. The third-order valence-electron chi connectivity index (χ3n) is 2.76. The van der Waals surface area contributed by atoms with E-state index < -0.39 is 23.7 Å². The van der Waals surface area contributed by atoms with Crippen molar-refractivity contribution in [3.63, 3.8) is 0 Å². The van der Waals surface area contributed by atoms with Crippen molar-refractivity contribution in [3.05, 3.63) is 29.6 Å². The molecule has 0 saturated heterocycles. The number of carbonyl (C=O) groups is 3. The van der Waals surface area contributed by atoms with Gasteiger partial charge in [0.25, 0.3) is 0 Å². The summed E-state index contributed by atoms with van der Waals surface area (Å²) in [4.78, 5) is 33.3. The van der Waals surface area contributed by atoms with Crippen molar-refractivity contribution < 1.29 is 23.9 Å². The summed E-state index contributed by atoms with van der Waals surface area (Å²) < 4.78 is 13.5. The molecule has 0 radical (unpaired) electrons. The first kappa shape index (κ1) is 16.6. The Kier molecular flexibility index (Phi) is 6.32. The van der Waals surface area contributed by atoms with E-state index in [1.54, 1.807) is 13.0 Å². The normalized spacial score (nSPS) is 10.0. The van der Waals surface area contributed by atoms with Crippen LogP contribution in [-0.2, 0) is 9.59 Å². The van der Waals surface area contributed by atoms with Crippen LogP contribution in [-0.4, -0.2) is 23.0 Å². The van der Waals surface area contributed by atoms with E-state index in [2.05, 4.69) is 10.6 Å². The number of carboxylic acid groups (broad SMARTS) is 1. The van der Waals surface area contributed by atoms with Crippen molar-refractivity contribution >= 4 is 23.6 Å². The minimum absolute atomic E-state index is 0.0199. The lowest BCUT2D eigenvalue weighted by Crippen LogP contribution is -2.34. The molecule has 0 atom stereocenters. The molecule has 0 aliphatic carbocycles. The number of carbonyl (C=O) groups excluding carboxylic acids is 2. The fourth-order valence-corrected chi connectivity index (χ4v) is 1.69. The van der Waals surface area contributed by atoms with E-state index in [4.69, 9.17) is 5.11 Å². The highest BCUT2D eigenvalue weighted by molar-refractivity contribution is 6.01. The maximum absolute atomic E-state index is 13.5. The van der Waals surface area contributed by atoms with Gasteiger partial charge in [0, 0.05) is 12.8 Å². The van der Waals surface area contributed by atoms with Crippen LogP contribution >= 0.6 is 0 Å². The largest absolute Gasteiger partial charge is 0.481 e. The highest BCUT2D eigenvalue weighted by atomic mass is 19.1. The Morgan fingerprint density at radius 3 is 2.48 bits per heavy atom. The van der Waals surface area contributed by atoms with E-state index in [9.17, 15) is 18.8 Å². The highest BCUT2D eigenvalue weighted by Crippen LogP contribution is 2.18. The SMILES string of the molecule is Cc1cccc(F)c1NC(=O)NC(=O)CCCCC(=O)O. The second kappa shape index (κ2) is 7.98. The van der Waals surface area contributed by atoms with Crippen LogP contribution in [0.2, 0.25) is 0 Å². The smallest absolute Gasteiger partial charge is 0.325 e. The molecule has 1 aromatic rings. The topological polar surface area (TPSA) is 95.5 Å². The molecule has 0 bridgehead atoms. The van der Waals surface area contributed by atoms with Crippen LogP contribution in [0.1, 0.15) is 31.2 Å². The van der Waals surface area contributed by atoms with Crippen molar-refractivity contribution in [2.45, 2.75) is 32.6 Å². The maximum atomic E-state index is 13.5. The quantitative estimate of drug-likeness (QED) is 0.702. The van der Waals surface area contributed by atoms with Gasteiger partial charge >= 0.3 is 12.0 Å². The van der Waals surface area contributed by atoms with Gasteiger partial charge in [-0.05, 0) is 31.4 Å². The summed E-state index contributed by atoms with van der Waals surface area (Å²) in [6.07, 6.45) is 0.742. The zero-order valence-corrected chi connectivity index (χ0v) is 11.6. The molecule has 0 unspecified atom stereocenters. The summed E-state index contributed by atoms with van der Waals surface area (Å²) >= 11 is 0. The summed E-state index contributed by atoms with van der Waals surface area (Å²) in [5.41, 5.74) is 0.563. The van der Waals surface area contributed by atoms with Gasteiger partial charge in [0.1, 0.15) is 5.82 Å². The average molecular weight is 296 g/mol. The fourth-order valence-electron chi connectivity index (χ4n) is 1.69. The number of hydrogen-bond donors (Lipinski definition) is 3. The first-order valence-corrected chi connectivity index (χ1v) is 6.48. The van der Waals surface area contributed by atoms with Crippen molar-refractivity contribution in [1.29, 1.82) is 0 Å². The molecule has 6 nitrogen and oxygen atoms in total. The van der Waals surface area contributed by atoms with Gasteiger partial charge in [-0.25, -0.2) is 9.18 Å². The van der Waals surface area contributed by atoms with Crippen LogP contribution in [0.5, 0.6) is 0 Å². The number of anilines is 1. The van der Waals surface area contributed by atoms with E-state index >= 15 is 0 Å². The zero-order chi connectivity index (χ0) is 15.8. The van der Waals surface area contributed by atoms with E-state index in [1.807, 2.05) is 0 Å². The van der Waals surface area contributed by atoms with Crippen molar-refractivity contribution in [3.8, 4) is 0 Å². The number of nitrogens with one attached hydrogen (secondary N) is 2. The third-order valence-corrected chi connectivity index (χ3v) is 2.76. The molecule has 0 aromatic heterocycles. The molecule has 114 valence electrons. The minimum Gasteiger partial charge on any atom is -0.481 e. The first-order chi connectivity index (χ1) is 9.90. The van der Waals surface area contributed by atoms with E-state index in [0.717, 1.165) is 0 Å². The lowest BCUT2D eigenvalue weighted by atomic mass is 10.2. The predicted molar refractivity (Wildman–Crippen MR) is 74.4 cm³/mol. The van der Waals surface area contributed by atoms with Crippen LogP contribution in [0.3, 0.4) is 0 Å². The van der Waals surface area contributed by atoms with Crippen LogP contribution in [0.25, 0.3) is 0 Å². The monoisotopic (exact) mass is 296 g/mol. The van der Waals surface area contributed by atoms with Gasteiger partial charge in [0.2, 0.25) is 5.91 Å². The summed E-state index contributed by atoms with van der Waals surface area (Å²) in [5, 5.41) is 12.8. The molecule has 21 heavy (non-hydrogen) atoms. The second-order valence-electron chi connectivity index (χ2n) is 4.53.